The summed E-state index contributed by atoms with van der Waals surface area (Å²) < 4.78 is 18.0. The average molecular weight is 855 g/mol. The third kappa shape index (κ3) is 12.3. The number of phenolic OH excluding ortho intramolecular Hbond substituents is 1. The molecule has 0 aliphatic carbocycles. The highest BCUT2D eigenvalue weighted by atomic mass is 32.2. The molecule has 61 heavy (non-hydrogen) atoms. The van der Waals surface area contributed by atoms with Crippen molar-refractivity contribution in [1.82, 2.24) is 20.0 Å². The van der Waals surface area contributed by atoms with Gasteiger partial charge in [-0.15, -0.1) is 11.8 Å². The van der Waals surface area contributed by atoms with E-state index in [1.54, 1.807) is 23.9 Å². The third-order valence-electron chi connectivity index (χ3n) is 12.0. The first kappa shape index (κ1) is 44.6. The van der Waals surface area contributed by atoms with Crippen molar-refractivity contribution in [2.45, 2.75) is 70.6 Å². The molecule has 2 saturated heterocycles. The fraction of sp³-hybridized carbons (Fsp3) is 0.532. The van der Waals surface area contributed by atoms with Crippen LogP contribution in [0.25, 0.3) is 0 Å². The van der Waals surface area contributed by atoms with Crippen molar-refractivity contribution in [3.05, 3.63) is 89.0 Å². The van der Waals surface area contributed by atoms with Gasteiger partial charge >= 0.3 is 0 Å². The second-order valence-corrected chi connectivity index (χ2v) is 17.9. The summed E-state index contributed by atoms with van der Waals surface area (Å²) in [7, 11) is 0. The number of benzene rings is 3. The van der Waals surface area contributed by atoms with Gasteiger partial charge in [0.25, 0.3) is 5.91 Å². The highest BCUT2D eigenvalue weighted by molar-refractivity contribution is 8.14. The van der Waals surface area contributed by atoms with Crippen LogP contribution in [-0.4, -0.2) is 139 Å². The number of aliphatic imine (C=N–C) groups is 1. The number of aromatic hydroxyl groups is 1. The Morgan fingerprint density at radius 1 is 1.00 bits per heavy atom. The van der Waals surface area contributed by atoms with Crippen LogP contribution in [0.5, 0.6) is 11.5 Å². The molecule has 3 N–H and O–H groups in total. The van der Waals surface area contributed by atoms with Gasteiger partial charge in [0.2, 0.25) is 11.8 Å². The summed E-state index contributed by atoms with van der Waals surface area (Å²) in [5, 5.41) is 17.4. The van der Waals surface area contributed by atoms with Crippen molar-refractivity contribution in [2.75, 3.05) is 89.9 Å². The molecule has 0 saturated carbocycles. The largest absolute Gasteiger partial charge is 0.506 e. The van der Waals surface area contributed by atoms with E-state index < -0.39 is 0 Å². The highest BCUT2D eigenvalue weighted by Gasteiger charge is 2.42. The zero-order valence-electron chi connectivity index (χ0n) is 35.7. The lowest BCUT2D eigenvalue weighted by molar-refractivity contribution is -0.160. The molecule has 3 amide bonds. The molecule has 0 aromatic heterocycles. The van der Waals surface area contributed by atoms with Gasteiger partial charge in [0.1, 0.15) is 17.5 Å². The molecule has 1 unspecified atom stereocenters. The first-order valence-electron chi connectivity index (χ1n) is 22.0. The van der Waals surface area contributed by atoms with Gasteiger partial charge in [-0.1, -0.05) is 74.5 Å². The lowest BCUT2D eigenvalue weighted by Gasteiger charge is -2.47. The van der Waals surface area contributed by atoms with E-state index in [-0.39, 0.29) is 41.7 Å². The molecule has 13 nitrogen and oxygen atoms in total. The Kier molecular flexibility index (Phi) is 15.8. The topological polar surface area (TPSA) is 145 Å². The monoisotopic (exact) mass is 854 g/mol. The number of likely N-dealkylation sites (tertiary alicyclic amines) is 1. The van der Waals surface area contributed by atoms with E-state index in [0.717, 1.165) is 67.2 Å². The smallest absolute Gasteiger partial charge is 0.262 e. The molecular formula is C47H62N6O7S. The summed E-state index contributed by atoms with van der Waals surface area (Å²) in [5.74, 6) is 1.53. The molecule has 4 aliphatic rings. The van der Waals surface area contributed by atoms with Gasteiger partial charge in [-0.3, -0.25) is 19.4 Å². The Morgan fingerprint density at radius 2 is 1.79 bits per heavy atom. The van der Waals surface area contributed by atoms with Crippen molar-refractivity contribution in [3.8, 4) is 11.5 Å². The number of hydrogen-bond donors (Lipinski definition) is 3. The van der Waals surface area contributed by atoms with Crippen LogP contribution < -0.4 is 15.4 Å². The van der Waals surface area contributed by atoms with Gasteiger partial charge in [0, 0.05) is 64.0 Å². The van der Waals surface area contributed by atoms with Crippen LogP contribution in [-0.2, 0) is 49.7 Å². The number of carbonyl (C=O) groups is 3. The van der Waals surface area contributed by atoms with Gasteiger partial charge in [0.15, 0.2) is 12.4 Å². The number of amides is 3. The van der Waals surface area contributed by atoms with Gasteiger partial charge in [-0.25, -0.2) is 0 Å². The Bertz CT molecular complexity index is 1990. The van der Waals surface area contributed by atoms with E-state index >= 15 is 0 Å². The summed E-state index contributed by atoms with van der Waals surface area (Å²) in [6.07, 6.45) is 4.55. The standard InChI is InChI=1S/C47H62N6O7S/c1-34(2)45-49-39(32-61-45)46(57)53-25-28-60-47(33-53)17-22-51(23-18-47)21-14-35-9-6-10-36(29-35)15-26-58-27-16-42(56)52(30-37-7-4-3-5-8-37)24-20-48-19-13-38-11-12-40(54)43-44(38)59-31-41(55)50-43/h3-12,29,34,39,48,54H,13-28,30-33H2,1-2H3,(H,50,55). The molecule has 3 aromatic carbocycles. The predicted octanol–water partition coefficient (Wildman–Crippen LogP) is 4.94. The lowest BCUT2D eigenvalue weighted by Crippen LogP contribution is -2.59. The van der Waals surface area contributed by atoms with E-state index in [1.807, 2.05) is 40.1 Å². The molecule has 14 heteroatoms. The second kappa shape index (κ2) is 21.6. The number of fused-ring (bicyclic) bond motifs is 1. The summed E-state index contributed by atoms with van der Waals surface area (Å²) >= 11 is 1.73. The zero-order chi connectivity index (χ0) is 42.6. The number of phenols is 1. The minimum atomic E-state index is -0.291. The zero-order valence-corrected chi connectivity index (χ0v) is 36.6. The maximum atomic E-state index is 13.5. The van der Waals surface area contributed by atoms with Crippen molar-refractivity contribution in [2.24, 2.45) is 10.9 Å². The van der Waals surface area contributed by atoms with Crippen molar-refractivity contribution in [1.29, 1.82) is 0 Å². The van der Waals surface area contributed by atoms with E-state index in [2.05, 4.69) is 53.6 Å². The molecule has 3 aromatic rings. The van der Waals surface area contributed by atoms with Gasteiger partial charge in [0.05, 0.1) is 36.9 Å². The molecule has 328 valence electrons. The number of hydrogen-bond acceptors (Lipinski definition) is 11. The number of anilines is 1. The second-order valence-electron chi connectivity index (χ2n) is 16.8. The Balaban J connectivity index is 0.799. The Hall–Kier alpha value is -4.47. The molecule has 2 fully saturated rings. The first-order chi connectivity index (χ1) is 29.6. The molecular weight excluding hydrogens is 793 g/mol. The third-order valence-corrected chi connectivity index (χ3v) is 13.4. The first-order valence-corrected chi connectivity index (χ1v) is 22.9. The number of piperidine rings is 1. The maximum absolute atomic E-state index is 13.5. The molecule has 0 radical (unpaired) electrons. The summed E-state index contributed by atoms with van der Waals surface area (Å²) in [5.41, 5.74) is 4.57. The van der Waals surface area contributed by atoms with E-state index in [4.69, 9.17) is 19.2 Å². The van der Waals surface area contributed by atoms with Crippen LogP contribution in [0.1, 0.15) is 55.4 Å². The minimum absolute atomic E-state index is 0.0176. The summed E-state index contributed by atoms with van der Waals surface area (Å²) in [6, 6.07) is 21.9. The van der Waals surface area contributed by atoms with Crippen LogP contribution in [0.15, 0.2) is 71.7 Å². The van der Waals surface area contributed by atoms with E-state index in [9.17, 15) is 19.5 Å². The van der Waals surface area contributed by atoms with Crippen LogP contribution >= 0.6 is 11.8 Å². The average Bonchev–Trinajstić information content (AvgIpc) is 3.78. The highest BCUT2D eigenvalue weighted by Crippen LogP contribution is 2.39. The van der Waals surface area contributed by atoms with Crippen molar-refractivity contribution >= 4 is 40.2 Å². The Labute approximate surface area is 364 Å². The van der Waals surface area contributed by atoms with Crippen LogP contribution in [0.3, 0.4) is 0 Å². The summed E-state index contributed by atoms with van der Waals surface area (Å²) in [4.78, 5) is 49.7. The van der Waals surface area contributed by atoms with E-state index in [0.29, 0.717) is 89.3 Å². The van der Waals surface area contributed by atoms with Crippen molar-refractivity contribution in [3.63, 3.8) is 0 Å². The quantitative estimate of drug-likeness (QED) is 0.112. The number of carbonyl (C=O) groups excluding carboxylic acids is 3. The number of rotatable bonds is 19. The molecule has 4 aliphatic heterocycles. The van der Waals surface area contributed by atoms with Crippen molar-refractivity contribution < 1.29 is 33.7 Å². The Morgan fingerprint density at radius 3 is 2.57 bits per heavy atom. The number of ether oxygens (including phenoxy) is 3. The fourth-order valence-electron chi connectivity index (χ4n) is 8.47. The summed E-state index contributed by atoms with van der Waals surface area (Å²) in [6.45, 7) is 12.2. The molecule has 1 atom stereocenters. The molecule has 1 spiro atoms. The number of thioether (sulfide) groups is 1. The van der Waals surface area contributed by atoms with Crippen LogP contribution in [0, 0.1) is 5.92 Å². The van der Waals surface area contributed by atoms with Gasteiger partial charge < -0.3 is 44.7 Å². The fourth-order valence-corrected chi connectivity index (χ4v) is 9.55. The molecule has 7 rings (SSSR count). The van der Waals surface area contributed by atoms with Gasteiger partial charge in [-0.05, 0) is 67.0 Å². The lowest BCUT2D eigenvalue weighted by atomic mass is 9.89. The van der Waals surface area contributed by atoms with Gasteiger partial charge in [-0.2, -0.15) is 0 Å². The number of nitrogens with zero attached hydrogens (tertiary/aromatic N) is 4. The van der Waals surface area contributed by atoms with E-state index in [1.165, 1.54) is 11.1 Å². The minimum Gasteiger partial charge on any atom is -0.506 e. The maximum Gasteiger partial charge on any atom is 0.262 e. The molecule has 4 heterocycles. The van der Waals surface area contributed by atoms with Crippen LogP contribution in [0.4, 0.5) is 5.69 Å². The predicted molar refractivity (Wildman–Crippen MR) is 239 cm³/mol. The molecule has 0 bridgehead atoms. The normalized spacial score (nSPS) is 18.7. The number of morpholine rings is 1. The van der Waals surface area contributed by atoms with Crippen LogP contribution in [0.2, 0.25) is 0 Å². The SMILES string of the molecule is CC(C)C1=NC(C(=O)N2CCOC3(CCN(CCc4cccc(CCOCCC(=O)N(CCNCCc5ccc(O)c6c5OCC(=O)N6)Cc5ccccc5)c4)CC3)C2)CS1. The number of nitrogens with one attached hydrogen (secondary N) is 2.